The van der Waals surface area contributed by atoms with Gasteiger partial charge in [0.2, 0.25) is 0 Å². The van der Waals surface area contributed by atoms with Crippen LogP contribution in [0.3, 0.4) is 0 Å². The molecule has 98 valence electrons. The Balaban J connectivity index is 1.71. The monoisotopic (exact) mass is 259 g/mol. The molecule has 3 aromatic rings. The maximum Gasteiger partial charge on any atom is 0.0422 e. The molecule has 0 heterocycles. The fraction of sp³-hybridized carbons (Fsp3) is 0.158. The summed E-state index contributed by atoms with van der Waals surface area (Å²) in [6, 6.07) is 21.8. The minimum absolute atomic E-state index is 0.875. The van der Waals surface area contributed by atoms with Crippen molar-refractivity contribution < 1.29 is 0 Å². The summed E-state index contributed by atoms with van der Waals surface area (Å²) < 4.78 is 0. The molecule has 0 aliphatic heterocycles. The lowest BCUT2D eigenvalue weighted by Gasteiger charge is -2.11. The average Bonchev–Trinajstić information content (AvgIpc) is 2.93. The van der Waals surface area contributed by atoms with Crippen LogP contribution in [0.15, 0.2) is 60.7 Å². The van der Waals surface area contributed by atoms with E-state index in [2.05, 4.69) is 66.0 Å². The summed E-state index contributed by atoms with van der Waals surface area (Å²) in [4.78, 5) is 0. The molecule has 0 saturated heterocycles. The summed E-state index contributed by atoms with van der Waals surface area (Å²) in [7, 11) is 0. The van der Waals surface area contributed by atoms with E-state index in [1.807, 2.05) is 0 Å². The number of hydrogen-bond donors (Lipinski definition) is 1. The van der Waals surface area contributed by atoms with Crippen LogP contribution in [0.2, 0.25) is 0 Å². The molecule has 0 unspecified atom stereocenters. The lowest BCUT2D eigenvalue weighted by molar-refractivity contribution is 1.02. The summed E-state index contributed by atoms with van der Waals surface area (Å²) in [6.45, 7) is 0.875. The fourth-order valence-corrected chi connectivity index (χ4v) is 3.19. The average molecular weight is 259 g/mol. The van der Waals surface area contributed by atoms with E-state index in [4.69, 9.17) is 0 Å². The third kappa shape index (κ3) is 1.87. The minimum Gasteiger partial charge on any atom is -0.380 e. The van der Waals surface area contributed by atoms with Gasteiger partial charge in [0.25, 0.3) is 0 Å². The minimum atomic E-state index is 0.875. The van der Waals surface area contributed by atoms with Gasteiger partial charge in [-0.25, -0.2) is 0 Å². The molecule has 20 heavy (non-hydrogen) atoms. The molecule has 0 fully saturated rings. The van der Waals surface area contributed by atoms with Gasteiger partial charge in [0.1, 0.15) is 0 Å². The number of rotatable bonds is 3. The van der Waals surface area contributed by atoms with Crippen LogP contribution in [-0.2, 0) is 19.4 Å². The molecule has 0 aromatic heterocycles. The standard InChI is InChI=1S/C19H17N/c1-2-5-14(6-3-1)13-20-18-12-11-16-10-9-15-7-4-8-17(18)19(15)16/h1-8,11-12,20H,9-10,13H2. The van der Waals surface area contributed by atoms with Gasteiger partial charge in [0.15, 0.2) is 0 Å². The lowest BCUT2D eigenvalue weighted by atomic mass is 10.0. The predicted molar refractivity (Wildman–Crippen MR) is 85.1 cm³/mol. The second-order valence-corrected chi connectivity index (χ2v) is 5.45. The Morgan fingerprint density at radius 3 is 2.40 bits per heavy atom. The molecule has 1 aliphatic rings. The number of anilines is 1. The molecule has 0 amide bonds. The summed E-state index contributed by atoms with van der Waals surface area (Å²) in [5, 5.41) is 6.43. The van der Waals surface area contributed by atoms with Gasteiger partial charge in [-0.3, -0.25) is 0 Å². The first-order chi connectivity index (χ1) is 9.92. The van der Waals surface area contributed by atoms with Crippen molar-refractivity contribution in [1.29, 1.82) is 0 Å². The maximum atomic E-state index is 3.59. The van der Waals surface area contributed by atoms with Crippen LogP contribution in [0.1, 0.15) is 16.7 Å². The normalized spacial score (nSPS) is 12.8. The molecular weight excluding hydrogens is 242 g/mol. The largest absolute Gasteiger partial charge is 0.380 e. The van der Waals surface area contributed by atoms with E-state index in [1.165, 1.54) is 46.0 Å². The zero-order valence-electron chi connectivity index (χ0n) is 11.4. The Labute approximate surface area is 119 Å². The van der Waals surface area contributed by atoms with E-state index >= 15 is 0 Å². The van der Waals surface area contributed by atoms with Crippen LogP contribution >= 0.6 is 0 Å². The Morgan fingerprint density at radius 1 is 0.750 bits per heavy atom. The Kier molecular flexibility index (Phi) is 2.70. The SMILES string of the molecule is c1ccc(CNc2ccc3c4c(cccc24)CC3)cc1. The van der Waals surface area contributed by atoms with Crippen molar-refractivity contribution in [2.75, 3.05) is 5.32 Å². The van der Waals surface area contributed by atoms with E-state index in [-0.39, 0.29) is 0 Å². The Hall–Kier alpha value is -2.28. The maximum absolute atomic E-state index is 3.59. The number of nitrogens with one attached hydrogen (secondary N) is 1. The number of aryl methyl sites for hydroxylation is 2. The fourth-order valence-electron chi connectivity index (χ4n) is 3.19. The quantitative estimate of drug-likeness (QED) is 0.727. The smallest absolute Gasteiger partial charge is 0.0422 e. The summed E-state index contributed by atoms with van der Waals surface area (Å²) in [6.07, 6.45) is 2.38. The lowest BCUT2D eigenvalue weighted by Crippen LogP contribution is -2.00. The summed E-state index contributed by atoms with van der Waals surface area (Å²) in [5.41, 5.74) is 5.56. The van der Waals surface area contributed by atoms with Gasteiger partial charge in [-0.1, -0.05) is 54.6 Å². The molecule has 4 rings (SSSR count). The molecule has 1 heteroatoms. The van der Waals surface area contributed by atoms with Gasteiger partial charge in [-0.05, 0) is 41.0 Å². The number of benzene rings is 3. The molecule has 1 aliphatic carbocycles. The van der Waals surface area contributed by atoms with Crippen molar-refractivity contribution in [2.45, 2.75) is 19.4 Å². The van der Waals surface area contributed by atoms with Crippen molar-refractivity contribution in [2.24, 2.45) is 0 Å². The van der Waals surface area contributed by atoms with Crippen molar-refractivity contribution in [3.05, 3.63) is 77.4 Å². The van der Waals surface area contributed by atoms with Crippen molar-refractivity contribution >= 4 is 16.5 Å². The molecule has 1 N–H and O–H groups in total. The van der Waals surface area contributed by atoms with E-state index in [9.17, 15) is 0 Å². The highest BCUT2D eigenvalue weighted by molar-refractivity contribution is 5.99. The highest BCUT2D eigenvalue weighted by Crippen LogP contribution is 2.35. The van der Waals surface area contributed by atoms with Crippen LogP contribution in [0.4, 0.5) is 5.69 Å². The first-order valence-corrected chi connectivity index (χ1v) is 7.23. The highest BCUT2D eigenvalue weighted by Gasteiger charge is 2.15. The zero-order chi connectivity index (χ0) is 13.4. The third-order valence-corrected chi connectivity index (χ3v) is 4.20. The molecular formula is C19H17N. The van der Waals surface area contributed by atoms with Crippen LogP contribution in [0.25, 0.3) is 10.8 Å². The second kappa shape index (κ2) is 4.68. The van der Waals surface area contributed by atoms with Crippen molar-refractivity contribution in [3.8, 4) is 0 Å². The summed E-state index contributed by atoms with van der Waals surface area (Å²) >= 11 is 0. The molecule has 1 nitrogen and oxygen atoms in total. The predicted octanol–water partition coefficient (Wildman–Crippen LogP) is 4.55. The summed E-state index contributed by atoms with van der Waals surface area (Å²) in [5.74, 6) is 0. The molecule has 3 aromatic carbocycles. The molecule has 0 bridgehead atoms. The van der Waals surface area contributed by atoms with Gasteiger partial charge in [0, 0.05) is 17.6 Å². The molecule has 0 atom stereocenters. The molecule has 0 radical (unpaired) electrons. The third-order valence-electron chi connectivity index (χ3n) is 4.20. The zero-order valence-corrected chi connectivity index (χ0v) is 11.4. The van der Waals surface area contributed by atoms with Crippen LogP contribution in [0, 0.1) is 0 Å². The van der Waals surface area contributed by atoms with Gasteiger partial charge in [-0.15, -0.1) is 0 Å². The van der Waals surface area contributed by atoms with E-state index in [0.717, 1.165) is 6.54 Å². The van der Waals surface area contributed by atoms with Gasteiger partial charge in [-0.2, -0.15) is 0 Å². The molecule has 0 spiro atoms. The van der Waals surface area contributed by atoms with Crippen LogP contribution in [-0.4, -0.2) is 0 Å². The topological polar surface area (TPSA) is 12.0 Å². The van der Waals surface area contributed by atoms with Gasteiger partial charge >= 0.3 is 0 Å². The Morgan fingerprint density at radius 2 is 1.55 bits per heavy atom. The Bertz CT molecular complexity index is 749. The van der Waals surface area contributed by atoms with Crippen LogP contribution < -0.4 is 5.32 Å². The first-order valence-electron chi connectivity index (χ1n) is 7.23. The second-order valence-electron chi connectivity index (χ2n) is 5.45. The highest BCUT2D eigenvalue weighted by atomic mass is 14.9. The van der Waals surface area contributed by atoms with Crippen molar-refractivity contribution in [3.63, 3.8) is 0 Å². The van der Waals surface area contributed by atoms with E-state index in [1.54, 1.807) is 0 Å². The van der Waals surface area contributed by atoms with Gasteiger partial charge < -0.3 is 5.32 Å². The van der Waals surface area contributed by atoms with Crippen LogP contribution in [0.5, 0.6) is 0 Å². The van der Waals surface area contributed by atoms with Gasteiger partial charge in [0.05, 0.1) is 0 Å². The van der Waals surface area contributed by atoms with E-state index in [0.29, 0.717) is 0 Å². The molecule has 0 saturated carbocycles. The first kappa shape index (κ1) is 11.5. The number of hydrogen-bond acceptors (Lipinski definition) is 1. The van der Waals surface area contributed by atoms with E-state index < -0.39 is 0 Å². The van der Waals surface area contributed by atoms with Crippen molar-refractivity contribution in [1.82, 2.24) is 0 Å².